The number of hydrogen-bond donors (Lipinski definition) is 0. The zero-order valence-corrected chi connectivity index (χ0v) is 9.08. The number of hydrogen-bond acceptors (Lipinski definition) is 3. The standard InChI is InChI=1S/C9H11NOS2/c1-7-4-13-5-8(7)9(11)10-2-3-12-6-10/h4-5H,2-3,6H2,1H3. The maximum atomic E-state index is 11.8. The normalized spacial score (nSPS) is 16.5. The highest BCUT2D eigenvalue weighted by Gasteiger charge is 2.21. The maximum absolute atomic E-state index is 11.8. The minimum Gasteiger partial charge on any atom is -0.329 e. The molecule has 0 saturated carbocycles. The van der Waals surface area contributed by atoms with Gasteiger partial charge in [0.25, 0.3) is 5.91 Å². The van der Waals surface area contributed by atoms with Crippen LogP contribution in [0.3, 0.4) is 0 Å². The molecular weight excluding hydrogens is 202 g/mol. The molecule has 1 amide bonds. The highest BCUT2D eigenvalue weighted by Crippen LogP contribution is 2.20. The summed E-state index contributed by atoms with van der Waals surface area (Å²) in [5, 5.41) is 3.97. The minimum absolute atomic E-state index is 0.198. The van der Waals surface area contributed by atoms with Crippen LogP contribution in [-0.2, 0) is 0 Å². The van der Waals surface area contributed by atoms with E-state index in [0.29, 0.717) is 0 Å². The largest absolute Gasteiger partial charge is 0.329 e. The van der Waals surface area contributed by atoms with E-state index in [0.717, 1.165) is 29.3 Å². The topological polar surface area (TPSA) is 20.3 Å². The van der Waals surface area contributed by atoms with E-state index in [-0.39, 0.29) is 5.91 Å². The minimum atomic E-state index is 0.198. The second-order valence-electron chi connectivity index (χ2n) is 3.07. The van der Waals surface area contributed by atoms with Crippen LogP contribution in [-0.4, -0.2) is 29.0 Å². The Morgan fingerprint density at radius 2 is 2.38 bits per heavy atom. The third kappa shape index (κ3) is 1.74. The zero-order valence-electron chi connectivity index (χ0n) is 7.45. The van der Waals surface area contributed by atoms with Crippen molar-refractivity contribution in [3.8, 4) is 0 Å². The van der Waals surface area contributed by atoms with Gasteiger partial charge in [-0.3, -0.25) is 4.79 Å². The second-order valence-corrected chi connectivity index (χ2v) is 4.89. The summed E-state index contributed by atoms with van der Waals surface area (Å²) < 4.78 is 0. The molecular formula is C9H11NOS2. The summed E-state index contributed by atoms with van der Waals surface area (Å²) in [4.78, 5) is 13.8. The Hall–Kier alpha value is -0.480. The fourth-order valence-electron chi connectivity index (χ4n) is 1.32. The van der Waals surface area contributed by atoms with Crippen LogP contribution < -0.4 is 0 Å². The molecule has 0 spiro atoms. The van der Waals surface area contributed by atoms with Gasteiger partial charge in [0, 0.05) is 17.7 Å². The van der Waals surface area contributed by atoms with Gasteiger partial charge < -0.3 is 4.90 Å². The van der Waals surface area contributed by atoms with Gasteiger partial charge in [-0.15, -0.1) is 11.8 Å². The van der Waals surface area contributed by atoms with Crippen molar-refractivity contribution >= 4 is 29.0 Å². The van der Waals surface area contributed by atoms with Crippen LogP contribution in [0.4, 0.5) is 0 Å². The lowest BCUT2D eigenvalue weighted by Gasteiger charge is -2.13. The maximum Gasteiger partial charge on any atom is 0.255 e. The van der Waals surface area contributed by atoms with Gasteiger partial charge in [0.2, 0.25) is 0 Å². The second kappa shape index (κ2) is 3.72. The molecule has 2 nitrogen and oxygen atoms in total. The first kappa shape index (κ1) is 9.09. The van der Waals surface area contributed by atoms with Crippen molar-refractivity contribution in [1.82, 2.24) is 4.90 Å². The Morgan fingerprint density at radius 3 is 2.92 bits per heavy atom. The van der Waals surface area contributed by atoms with Crippen molar-refractivity contribution in [1.29, 1.82) is 0 Å². The summed E-state index contributed by atoms with van der Waals surface area (Å²) in [5.74, 6) is 2.13. The van der Waals surface area contributed by atoms with Gasteiger partial charge in [0.15, 0.2) is 0 Å². The third-order valence-corrected chi connectivity index (χ3v) is 3.95. The number of nitrogens with zero attached hydrogens (tertiary/aromatic N) is 1. The fraction of sp³-hybridized carbons (Fsp3) is 0.444. The van der Waals surface area contributed by atoms with Crippen LogP contribution in [0, 0.1) is 6.92 Å². The van der Waals surface area contributed by atoms with E-state index in [2.05, 4.69) is 0 Å². The number of carbonyl (C=O) groups is 1. The Labute approximate surface area is 85.9 Å². The zero-order chi connectivity index (χ0) is 9.26. The molecule has 2 rings (SSSR count). The predicted molar refractivity (Wildman–Crippen MR) is 57.4 cm³/mol. The number of rotatable bonds is 1. The van der Waals surface area contributed by atoms with Gasteiger partial charge in [-0.05, 0) is 17.9 Å². The number of aryl methyl sites for hydroxylation is 1. The van der Waals surface area contributed by atoms with Crippen LogP contribution >= 0.6 is 23.1 Å². The van der Waals surface area contributed by atoms with Gasteiger partial charge in [0.05, 0.1) is 11.4 Å². The molecule has 70 valence electrons. The van der Waals surface area contributed by atoms with Crippen LogP contribution in [0.1, 0.15) is 15.9 Å². The molecule has 0 aliphatic carbocycles. The van der Waals surface area contributed by atoms with Crippen molar-refractivity contribution < 1.29 is 4.79 Å². The first-order chi connectivity index (χ1) is 6.29. The van der Waals surface area contributed by atoms with E-state index in [4.69, 9.17) is 0 Å². The Bertz CT molecular complexity index is 315. The van der Waals surface area contributed by atoms with Crippen LogP contribution in [0.25, 0.3) is 0 Å². The summed E-state index contributed by atoms with van der Waals surface area (Å²) in [7, 11) is 0. The molecule has 13 heavy (non-hydrogen) atoms. The first-order valence-corrected chi connectivity index (χ1v) is 6.28. The van der Waals surface area contributed by atoms with Crippen molar-refractivity contribution in [3.63, 3.8) is 0 Å². The van der Waals surface area contributed by atoms with Crippen LogP contribution in [0.2, 0.25) is 0 Å². The average Bonchev–Trinajstić information content (AvgIpc) is 2.72. The van der Waals surface area contributed by atoms with Crippen molar-refractivity contribution in [3.05, 3.63) is 21.9 Å². The summed E-state index contributed by atoms with van der Waals surface area (Å²) in [6, 6.07) is 0. The lowest BCUT2D eigenvalue weighted by atomic mass is 10.2. The SMILES string of the molecule is Cc1cscc1C(=O)N1CCSC1. The van der Waals surface area contributed by atoms with Gasteiger partial charge in [-0.2, -0.15) is 11.3 Å². The lowest BCUT2D eigenvalue weighted by molar-refractivity contribution is 0.0802. The van der Waals surface area contributed by atoms with Crippen LogP contribution in [0.15, 0.2) is 10.8 Å². The van der Waals surface area contributed by atoms with E-state index < -0.39 is 0 Å². The summed E-state index contributed by atoms with van der Waals surface area (Å²) in [6.07, 6.45) is 0. The van der Waals surface area contributed by atoms with Crippen LogP contribution in [0.5, 0.6) is 0 Å². The number of amides is 1. The molecule has 1 aliphatic heterocycles. The van der Waals surface area contributed by atoms with Crippen molar-refractivity contribution in [2.24, 2.45) is 0 Å². The van der Waals surface area contributed by atoms with Crippen molar-refractivity contribution in [2.45, 2.75) is 6.92 Å². The summed E-state index contributed by atoms with van der Waals surface area (Å²) >= 11 is 3.42. The first-order valence-electron chi connectivity index (χ1n) is 4.19. The molecule has 1 aromatic rings. The number of thioether (sulfide) groups is 1. The highest BCUT2D eigenvalue weighted by atomic mass is 32.2. The Balaban J connectivity index is 2.17. The third-order valence-electron chi connectivity index (χ3n) is 2.13. The smallest absolute Gasteiger partial charge is 0.255 e. The Morgan fingerprint density at radius 1 is 1.54 bits per heavy atom. The van der Waals surface area contributed by atoms with Gasteiger partial charge in [-0.1, -0.05) is 0 Å². The summed E-state index contributed by atoms with van der Waals surface area (Å²) in [6.45, 7) is 2.89. The van der Waals surface area contributed by atoms with Gasteiger partial charge in [0.1, 0.15) is 0 Å². The van der Waals surface area contributed by atoms with E-state index in [9.17, 15) is 4.79 Å². The fourth-order valence-corrected chi connectivity index (χ4v) is 3.09. The van der Waals surface area contributed by atoms with E-state index in [1.54, 1.807) is 11.3 Å². The van der Waals surface area contributed by atoms with Crippen molar-refractivity contribution in [2.75, 3.05) is 18.2 Å². The Kier molecular flexibility index (Phi) is 2.60. The molecule has 0 unspecified atom stereocenters. The molecule has 0 N–H and O–H groups in total. The van der Waals surface area contributed by atoms with E-state index in [1.165, 1.54) is 0 Å². The monoisotopic (exact) mass is 213 g/mol. The number of thiophene rings is 1. The molecule has 4 heteroatoms. The van der Waals surface area contributed by atoms with E-state index in [1.807, 2.05) is 34.3 Å². The molecule has 1 saturated heterocycles. The number of carbonyl (C=O) groups excluding carboxylic acids is 1. The molecule has 0 atom stereocenters. The molecule has 1 aliphatic rings. The molecule has 1 aromatic heterocycles. The van der Waals surface area contributed by atoms with Gasteiger partial charge in [-0.25, -0.2) is 0 Å². The molecule has 1 fully saturated rings. The lowest BCUT2D eigenvalue weighted by Crippen LogP contribution is -2.27. The molecule has 0 radical (unpaired) electrons. The molecule has 2 heterocycles. The molecule has 0 aromatic carbocycles. The average molecular weight is 213 g/mol. The quantitative estimate of drug-likeness (QED) is 0.713. The molecule has 0 bridgehead atoms. The predicted octanol–water partition coefficient (Wildman–Crippen LogP) is 2.20. The summed E-state index contributed by atoms with van der Waals surface area (Å²) in [5.41, 5.74) is 1.99. The van der Waals surface area contributed by atoms with E-state index >= 15 is 0 Å². The van der Waals surface area contributed by atoms with Gasteiger partial charge >= 0.3 is 0 Å². The highest BCUT2D eigenvalue weighted by molar-refractivity contribution is 7.99.